The molecule has 1 aliphatic heterocycles. The van der Waals surface area contributed by atoms with Gasteiger partial charge in [-0.25, -0.2) is 0 Å². The first kappa shape index (κ1) is 12.6. The van der Waals surface area contributed by atoms with Crippen LogP contribution in [0.3, 0.4) is 0 Å². The van der Waals surface area contributed by atoms with Crippen molar-refractivity contribution in [2.24, 2.45) is 0 Å². The molecule has 3 rings (SSSR count). The van der Waals surface area contributed by atoms with E-state index in [9.17, 15) is 9.59 Å². The van der Waals surface area contributed by atoms with Crippen molar-refractivity contribution >= 4 is 29.0 Å². The zero-order valence-corrected chi connectivity index (χ0v) is 11.2. The maximum absolute atomic E-state index is 11.5. The number of hydrogen-bond donors (Lipinski definition) is 1. The minimum atomic E-state index is -0.356. The zero-order chi connectivity index (χ0) is 13.9. The Kier molecular flexibility index (Phi) is 3.35. The first-order valence-electron chi connectivity index (χ1n) is 5.98. The predicted octanol–water partition coefficient (Wildman–Crippen LogP) is 3.07. The van der Waals surface area contributed by atoms with E-state index in [2.05, 4.69) is 10.3 Å². The molecular formula is C15H10N2O2S. The molecule has 1 aliphatic rings. The lowest BCUT2D eigenvalue weighted by Gasteiger charge is -2.02. The number of hydrogen-bond acceptors (Lipinski definition) is 4. The van der Waals surface area contributed by atoms with Gasteiger partial charge in [0.2, 0.25) is 0 Å². The van der Waals surface area contributed by atoms with Gasteiger partial charge in [0.1, 0.15) is 0 Å². The van der Waals surface area contributed by atoms with E-state index in [0.717, 1.165) is 28.5 Å². The van der Waals surface area contributed by atoms with Crippen LogP contribution in [-0.4, -0.2) is 16.1 Å². The third-order valence-corrected chi connectivity index (χ3v) is 3.62. The predicted molar refractivity (Wildman–Crippen MR) is 78.8 cm³/mol. The van der Waals surface area contributed by atoms with Crippen molar-refractivity contribution in [1.29, 1.82) is 0 Å². The van der Waals surface area contributed by atoms with Crippen molar-refractivity contribution in [3.05, 3.63) is 59.3 Å². The van der Waals surface area contributed by atoms with Gasteiger partial charge < -0.3 is 0 Å². The van der Waals surface area contributed by atoms with Crippen LogP contribution in [0.2, 0.25) is 0 Å². The van der Waals surface area contributed by atoms with Crippen LogP contribution in [0.25, 0.3) is 17.2 Å². The van der Waals surface area contributed by atoms with Gasteiger partial charge in [0.15, 0.2) is 0 Å². The van der Waals surface area contributed by atoms with E-state index < -0.39 is 0 Å². The number of benzene rings is 1. The van der Waals surface area contributed by atoms with Crippen molar-refractivity contribution in [3.8, 4) is 11.1 Å². The molecule has 2 amide bonds. The summed E-state index contributed by atoms with van der Waals surface area (Å²) in [4.78, 5) is 27.2. The van der Waals surface area contributed by atoms with Crippen LogP contribution in [0.4, 0.5) is 4.79 Å². The van der Waals surface area contributed by atoms with E-state index in [1.54, 1.807) is 18.5 Å². The molecule has 0 bridgehead atoms. The summed E-state index contributed by atoms with van der Waals surface area (Å²) >= 11 is 0.904. The van der Waals surface area contributed by atoms with E-state index in [-0.39, 0.29) is 11.1 Å². The van der Waals surface area contributed by atoms with Gasteiger partial charge in [-0.2, -0.15) is 0 Å². The summed E-state index contributed by atoms with van der Waals surface area (Å²) in [5.74, 6) is -0.356. The maximum atomic E-state index is 11.5. The highest BCUT2D eigenvalue weighted by molar-refractivity contribution is 8.18. The molecule has 0 atom stereocenters. The van der Waals surface area contributed by atoms with Gasteiger partial charge in [0.05, 0.1) is 4.91 Å². The highest BCUT2D eigenvalue weighted by Crippen LogP contribution is 2.26. The fraction of sp³-hybridized carbons (Fsp3) is 0. The summed E-state index contributed by atoms with van der Waals surface area (Å²) in [7, 11) is 0. The van der Waals surface area contributed by atoms with Gasteiger partial charge in [0, 0.05) is 18.0 Å². The van der Waals surface area contributed by atoms with Crippen LogP contribution in [0.5, 0.6) is 0 Å². The molecule has 5 heteroatoms. The highest BCUT2D eigenvalue weighted by Gasteiger charge is 2.24. The number of nitrogens with zero attached hydrogens (tertiary/aromatic N) is 1. The minimum Gasteiger partial charge on any atom is -0.282 e. The van der Waals surface area contributed by atoms with E-state index in [1.807, 2.05) is 36.4 Å². The number of carbonyl (C=O) groups excluding carboxylic acids is 2. The van der Waals surface area contributed by atoms with Crippen molar-refractivity contribution in [2.75, 3.05) is 0 Å². The Balaban J connectivity index is 1.95. The average molecular weight is 282 g/mol. The van der Waals surface area contributed by atoms with Crippen LogP contribution in [0, 0.1) is 0 Å². The number of thioether (sulfide) groups is 1. The molecule has 2 heterocycles. The maximum Gasteiger partial charge on any atom is 0.290 e. The normalized spacial score (nSPS) is 16.5. The minimum absolute atomic E-state index is 0.339. The first-order valence-corrected chi connectivity index (χ1v) is 6.79. The van der Waals surface area contributed by atoms with Gasteiger partial charge in [-0.3, -0.25) is 19.9 Å². The summed E-state index contributed by atoms with van der Waals surface area (Å²) in [5.41, 5.74) is 2.81. The second-order valence-corrected chi connectivity index (χ2v) is 5.24. The van der Waals surface area contributed by atoms with E-state index in [4.69, 9.17) is 0 Å². The first-order chi connectivity index (χ1) is 9.72. The summed E-state index contributed by atoms with van der Waals surface area (Å²) in [6, 6.07) is 11.8. The smallest absolute Gasteiger partial charge is 0.282 e. The number of pyridine rings is 1. The van der Waals surface area contributed by atoms with Gasteiger partial charge in [-0.05, 0) is 35.0 Å². The van der Waals surface area contributed by atoms with Crippen LogP contribution in [0.1, 0.15) is 5.56 Å². The summed E-state index contributed by atoms with van der Waals surface area (Å²) in [6.07, 6.45) is 5.10. The molecule has 98 valence electrons. The van der Waals surface area contributed by atoms with E-state index in [1.165, 1.54) is 0 Å². The Labute approximate surface area is 119 Å². The number of nitrogens with one attached hydrogen (secondary N) is 1. The molecule has 1 aromatic carbocycles. The third kappa shape index (κ3) is 2.62. The van der Waals surface area contributed by atoms with Crippen molar-refractivity contribution in [2.45, 2.75) is 0 Å². The van der Waals surface area contributed by atoms with Crippen molar-refractivity contribution < 1.29 is 9.59 Å². The third-order valence-electron chi connectivity index (χ3n) is 2.81. The van der Waals surface area contributed by atoms with E-state index in [0.29, 0.717) is 4.91 Å². The SMILES string of the molecule is O=C1NC(=O)/C(=C/c2cncc(-c3ccccc3)c2)S1. The fourth-order valence-electron chi connectivity index (χ4n) is 1.90. The second-order valence-electron chi connectivity index (χ2n) is 4.23. The average Bonchev–Trinajstić information content (AvgIpc) is 2.78. The quantitative estimate of drug-likeness (QED) is 0.860. The molecule has 1 aromatic heterocycles. The number of imide groups is 1. The molecule has 0 aliphatic carbocycles. The molecule has 0 saturated carbocycles. The van der Waals surface area contributed by atoms with Crippen molar-refractivity contribution in [1.82, 2.24) is 10.3 Å². The molecule has 0 radical (unpaired) electrons. The van der Waals surface area contributed by atoms with Gasteiger partial charge >= 0.3 is 0 Å². The highest BCUT2D eigenvalue weighted by atomic mass is 32.2. The lowest BCUT2D eigenvalue weighted by atomic mass is 10.1. The van der Waals surface area contributed by atoms with Crippen LogP contribution >= 0.6 is 11.8 Å². The standard InChI is InChI=1S/C15H10N2O2S/c18-14-13(20-15(19)17-14)7-10-6-12(9-16-8-10)11-4-2-1-3-5-11/h1-9H,(H,17,18,19)/b13-7-. The number of rotatable bonds is 2. The molecule has 4 nitrogen and oxygen atoms in total. The number of amides is 2. The monoisotopic (exact) mass is 282 g/mol. The Hall–Kier alpha value is -2.40. The van der Waals surface area contributed by atoms with Gasteiger partial charge in [-0.15, -0.1) is 0 Å². The lowest BCUT2D eigenvalue weighted by Crippen LogP contribution is -2.17. The summed E-state index contributed by atoms with van der Waals surface area (Å²) in [5, 5.41) is 1.89. The fourth-order valence-corrected chi connectivity index (χ4v) is 2.58. The molecule has 1 saturated heterocycles. The van der Waals surface area contributed by atoms with Gasteiger partial charge in [-0.1, -0.05) is 30.3 Å². The molecule has 20 heavy (non-hydrogen) atoms. The molecule has 0 unspecified atom stereocenters. The van der Waals surface area contributed by atoms with Crippen molar-refractivity contribution in [3.63, 3.8) is 0 Å². The van der Waals surface area contributed by atoms with Gasteiger partial charge in [0.25, 0.3) is 11.1 Å². The van der Waals surface area contributed by atoms with Crippen LogP contribution in [-0.2, 0) is 4.79 Å². The molecule has 1 fully saturated rings. The zero-order valence-electron chi connectivity index (χ0n) is 10.4. The molecule has 1 N–H and O–H groups in total. The Morgan fingerprint density at radius 2 is 1.85 bits per heavy atom. The molecular weight excluding hydrogens is 272 g/mol. The largest absolute Gasteiger partial charge is 0.290 e. The van der Waals surface area contributed by atoms with Crippen LogP contribution < -0.4 is 5.32 Å². The summed E-state index contributed by atoms with van der Waals surface area (Å²) in [6.45, 7) is 0. The topological polar surface area (TPSA) is 59.1 Å². The Morgan fingerprint density at radius 1 is 1.05 bits per heavy atom. The second kappa shape index (κ2) is 5.30. The Morgan fingerprint density at radius 3 is 2.55 bits per heavy atom. The Bertz CT molecular complexity index is 711. The molecule has 2 aromatic rings. The summed E-state index contributed by atoms with van der Waals surface area (Å²) < 4.78 is 0. The molecule has 0 spiro atoms. The van der Waals surface area contributed by atoms with E-state index >= 15 is 0 Å². The number of carbonyl (C=O) groups is 2. The van der Waals surface area contributed by atoms with Crippen LogP contribution in [0.15, 0.2) is 53.7 Å². The number of aromatic nitrogens is 1. The lowest BCUT2D eigenvalue weighted by molar-refractivity contribution is -0.115.